The average Bonchev–Trinajstić information content (AvgIpc) is 4.22. The lowest BCUT2D eigenvalue weighted by Crippen LogP contribution is -2.11. The molecular formula is C58H44Br3ClF6N2O8S2. The number of furan rings is 3. The van der Waals surface area contributed by atoms with Crippen molar-refractivity contribution in [2.75, 3.05) is 11.2 Å². The molecule has 4 aromatic heterocycles. The molecule has 10 rings (SSSR count). The predicted octanol–water partition coefficient (Wildman–Crippen LogP) is 17.9. The molecule has 80 heavy (non-hydrogen) atoms. The molecule has 0 atom stereocenters. The molecule has 6 aromatic carbocycles. The second-order valence-electron chi connectivity index (χ2n) is 16.9. The van der Waals surface area contributed by atoms with Crippen LogP contribution in [0.1, 0.15) is 74.5 Å². The van der Waals surface area contributed by atoms with Crippen molar-refractivity contribution >= 4 is 144 Å². The lowest BCUT2D eigenvalue weighted by Gasteiger charge is -1.99. The zero-order valence-electron chi connectivity index (χ0n) is 42.8. The molecule has 0 unspecified atom stereocenters. The number of rotatable bonds is 8. The predicted molar refractivity (Wildman–Crippen MR) is 315 cm³/mol. The molecule has 10 nitrogen and oxygen atoms in total. The number of benzene rings is 6. The highest BCUT2D eigenvalue weighted by Gasteiger charge is 2.19. The highest BCUT2D eigenvalue weighted by atomic mass is 79.9. The number of hydrogen-bond donors (Lipinski definition) is 2. The van der Waals surface area contributed by atoms with Crippen LogP contribution >= 0.6 is 82.9 Å². The number of halogens is 10. The summed E-state index contributed by atoms with van der Waals surface area (Å²) in [6, 6.07) is 25.7. The van der Waals surface area contributed by atoms with E-state index in [1.807, 2.05) is 12.3 Å². The summed E-state index contributed by atoms with van der Waals surface area (Å²) in [4.78, 5) is 47.5. The van der Waals surface area contributed by atoms with Crippen molar-refractivity contribution in [3.8, 4) is 27.8 Å². The number of aryl methyl sites for hydroxylation is 3. The van der Waals surface area contributed by atoms with Crippen molar-refractivity contribution in [1.29, 1.82) is 0 Å². The Morgan fingerprint density at radius 1 is 0.625 bits per heavy atom. The van der Waals surface area contributed by atoms with Crippen LogP contribution in [0.15, 0.2) is 137 Å². The Labute approximate surface area is 493 Å². The van der Waals surface area contributed by atoms with E-state index in [-0.39, 0.29) is 79.5 Å². The van der Waals surface area contributed by atoms with Crippen molar-refractivity contribution in [2.24, 2.45) is 5.73 Å². The van der Waals surface area contributed by atoms with Gasteiger partial charge in [0.1, 0.15) is 78.9 Å². The number of thiazole rings is 1. The van der Waals surface area contributed by atoms with Gasteiger partial charge in [-0.2, -0.15) is 0 Å². The van der Waals surface area contributed by atoms with E-state index < -0.39 is 11.6 Å². The van der Waals surface area contributed by atoms with Gasteiger partial charge in [0, 0.05) is 89.5 Å². The molecule has 10 aromatic rings. The molecule has 416 valence electrons. The molecule has 3 N–H and O–H groups in total. The van der Waals surface area contributed by atoms with Gasteiger partial charge in [-0.25, -0.2) is 31.3 Å². The number of aromatic hydroxyl groups is 1. The van der Waals surface area contributed by atoms with Crippen LogP contribution in [0.4, 0.5) is 26.3 Å². The molecule has 0 saturated heterocycles. The number of phenolic OH excluding ortho intramolecular Hbond substituents is 1. The fourth-order valence-electron chi connectivity index (χ4n) is 7.16. The number of carbonyl (C=O) groups is 4. The van der Waals surface area contributed by atoms with E-state index in [1.165, 1.54) is 86.7 Å². The molecule has 0 fully saturated rings. The molecular weight excluding hydrogens is 1310 g/mol. The molecule has 0 aliphatic heterocycles. The number of phenols is 1. The fraction of sp³-hybridized carbons (Fsp3) is 0.138. The number of carbonyl (C=O) groups excluding carboxylic acids is 4. The third-order valence-electron chi connectivity index (χ3n) is 11.0. The largest absolute Gasteiger partial charge is 0.507 e. The standard InChI is InChI=1S/C18H10BrF2NOS.C11H8BrFO2.C11H9FO2.C8H7FO2.C7H5BrFNS.C3H5ClO/c1-9-12-5-3-11(20)7-16(12)23-17(9)15-8-24-18(22-15)13-4-2-10(19)6-14(13)21;1-6-8-3-2-7(13)4-10(8)15-11(6)9(14)5-12;1-6-9-4-3-8(12)5-10(9)14-11(6)7(2)13;1-5(10)7-3-2-6(9)4-8(7)11;8-4-1-2-5(7(10)11)6(9)3-4;1-3(5)2-4/h2-8H,1H3;2-4H,5H2,1H3;3-5H,1-2H3;2-4,11H,1H3;1-3H,(H2,10,11);2H2,1H3. The number of thiocarbonyl (C=S) groups is 1. The fourth-order valence-corrected chi connectivity index (χ4v) is 9.07. The summed E-state index contributed by atoms with van der Waals surface area (Å²) in [5.41, 5.74) is 10.5. The third kappa shape index (κ3) is 16.9. The van der Waals surface area contributed by atoms with Crippen LogP contribution in [0.2, 0.25) is 0 Å². The summed E-state index contributed by atoms with van der Waals surface area (Å²) in [7, 11) is 0. The van der Waals surface area contributed by atoms with E-state index in [9.17, 15) is 45.5 Å². The molecule has 0 radical (unpaired) electrons. The molecule has 0 bridgehead atoms. The van der Waals surface area contributed by atoms with Gasteiger partial charge in [-0.15, -0.1) is 22.9 Å². The van der Waals surface area contributed by atoms with Crippen molar-refractivity contribution in [3.63, 3.8) is 0 Å². The first kappa shape index (κ1) is 64.1. The maximum atomic E-state index is 14.1. The van der Waals surface area contributed by atoms with Crippen LogP contribution in [0.25, 0.3) is 54.9 Å². The van der Waals surface area contributed by atoms with Crippen LogP contribution in [0.3, 0.4) is 0 Å². The van der Waals surface area contributed by atoms with Crippen LogP contribution in [-0.4, -0.2) is 49.4 Å². The van der Waals surface area contributed by atoms with Crippen molar-refractivity contribution in [3.05, 3.63) is 198 Å². The average molecular weight is 1350 g/mol. The number of ketones is 4. The van der Waals surface area contributed by atoms with Gasteiger partial charge in [-0.1, -0.05) is 60.0 Å². The first-order valence-electron chi connectivity index (χ1n) is 23.1. The van der Waals surface area contributed by atoms with Crippen molar-refractivity contribution < 1.29 is 63.9 Å². The summed E-state index contributed by atoms with van der Waals surface area (Å²) in [5, 5.41) is 14.0. The number of aromatic nitrogens is 1. The molecule has 0 aliphatic carbocycles. The Morgan fingerprint density at radius 2 is 1.07 bits per heavy atom. The topological polar surface area (TPSA) is 167 Å². The molecule has 0 aliphatic rings. The van der Waals surface area contributed by atoms with Crippen LogP contribution < -0.4 is 5.73 Å². The van der Waals surface area contributed by atoms with E-state index in [0.717, 1.165) is 45.0 Å². The maximum absolute atomic E-state index is 14.1. The van der Waals surface area contributed by atoms with Gasteiger partial charge in [0.25, 0.3) is 0 Å². The Balaban J connectivity index is 0.000000186. The highest BCUT2D eigenvalue weighted by Crippen LogP contribution is 2.37. The van der Waals surface area contributed by atoms with E-state index in [1.54, 1.807) is 56.3 Å². The van der Waals surface area contributed by atoms with Gasteiger partial charge in [0.05, 0.1) is 16.8 Å². The number of hydrogen-bond acceptors (Lipinski definition) is 11. The minimum Gasteiger partial charge on any atom is -0.507 e. The van der Waals surface area contributed by atoms with Gasteiger partial charge in [-0.3, -0.25) is 19.2 Å². The van der Waals surface area contributed by atoms with Crippen LogP contribution in [0, 0.1) is 55.7 Å². The molecule has 22 heteroatoms. The van der Waals surface area contributed by atoms with E-state index in [2.05, 4.69) is 65.0 Å². The van der Waals surface area contributed by atoms with Crippen LogP contribution in [0.5, 0.6) is 5.75 Å². The normalized spacial score (nSPS) is 10.4. The highest BCUT2D eigenvalue weighted by molar-refractivity contribution is 9.10. The second-order valence-corrected chi connectivity index (χ2v) is 20.9. The zero-order valence-corrected chi connectivity index (χ0v) is 50.0. The number of nitrogens with zero attached hydrogens (tertiary/aromatic N) is 1. The first-order chi connectivity index (χ1) is 37.7. The van der Waals surface area contributed by atoms with Gasteiger partial charge in [0.2, 0.25) is 5.78 Å². The monoisotopic (exact) mass is 1350 g/mol. The third-order valence-corrected chi connectivity index (χ3v) is 14.0. The first-order valence-corrected chi connectivity index (χ1v) is 27.6. The van der Waals surface area contributed by atoms with Gasteiger partial charge in [-0.05, 0) is 120 Å². The Bertz CT molecular complexity index is 3870. The summed E-state index contributed by atoms with van der Waals surface area (Å²) >= 11 is 20.4. The molecule has 0 saturated carbocycles. The van der Waals surface area contributed by atoms with Gasteiger partial charge < -0.3 is 24.1 Å². The smallest absolute Gasteiger partial charge is 0.208 e. The van der Waals surface area contributed by atoms with Crippen LogP contribution in [-0.2, 0) is 4.79 Å². The summed E-state index contributed by atoms with van der Waals surface area (Å²) < 4.78 is 96.1. The number of nitrogens with two attached hydrogens (primary N) is 1. The second kappa shape index (κ2) is 29.1. The quantitative estimate of drug-likeness (QED) is 0.0643. The van der Waals surface area contributed by atoms with E-state index in [4.69, 9.17) is 35.7 Å². The zero-order chi connectivity index (χ0) is 59.3. The van der Waals surface area contributed by atoms with Gasteiger partial charge >= 0.3 is 0 Å². The van der Waals surface area contributed by atoms with Crippen molar-refractivity contribution in [1.82, 2.24) is 4.98 Å². The lowest BCUT2D eigenvalue weighted by molar-refractivity contribution is -0.114. The summed E-state index contributed by atoms with van der Waals surface area (Å²) in [5.74, 6) is -1.87. The molecule has 0 amide bonds. The van der Waals surface area contributed by atoms with E-state index >= 15 is 0 Å². The number of Topliss-reactive ketones (excluding diaryl/α,β-unsaturated/α-hetero) is 4. The van der Waals surface area contributed by atoms with Gasteiger partial charge in [0.15, 0.2) is 28.8 Å². The molecule has 0 spiro atoms. The SMILES string of the molecule is CC(=O)CCl.CC(=O)c1ccc(F)cc1O.CC(=O)c1oc2cc(F)ccc2c1C.Cc1c(-c2csc(-c3ccc(Br)cc3F)n2)oc2cc(F)ccc12.Cc1c(C(=O)CBr)oc2cc(F)ccc12.NC(=S)c1ccc(Br)cc1F. The Kier molecular flexibility index (Phi) is 23.3. The van der Waals surface area contributed by atoms with E-state index in [0.29, 0.717) is 59.2 Å². The summed E-state index contributed by atoms with van der Waals surface area (Å²) in [6.07, 6.45) is 0. The Morgan fingerprint density at radius 3 is 1.54 bits per heavy atom. The summed E-state index contributed by atoms with van der Waals surface area (Å²) in [6.45, 7) is 9.68. The molecule has 4 heterocycles. The Hall–Kier alpha value is -6.75. The van der Waals surface area contributed by atoms with Crippen molar-refractivity contribution in [2.45, 2.75) is 41.5 Å². The maximum Gasteiger partial charge on any atom is 0.208 e. The lowest BCUT2D eigenvalue weighted by atomic mass is 10.1. The number of alkyl halides is 2. The number of fused-ring (bicyclic) bond motifs is 3. The minimum atomic E-state index is -0.549. The minimum absolute atomic E-state index is 0.0201.